The summed E-state index contributed by atoms with van der Waals surface area (Å²) in [6, 6.07) is 11.3. The summed E-state index contributed by atoms with van der Waals surface area (Å²) in [4.78, 5) is 0. The normalized spacial score (nSPS) is 10.0. The molecule has 0 aliphatic heterocycles. The molecule has 110 valence electrons. The van der Waals surface area contributed by atoms with Gasteiger partial charge < -0.3 is 19.9 Å². The third-order valence-corrected chi connectivity index (χ3v) is 3.25. The van der Waals surface area contributed by atoms with Gasteiger partial charge in [-0.05, 0) is 41.0 Å². The van der Waals surface area contributed by atoms with Crippen LogP contribution in [0.4, 0.5) is 5.69 Å². The van der Waals surface area contributed by atoms with Crippen LogP contribution in [0.25, 0.3) is 5.57 Å². The van der Waals surface area contributed by atoms with Gasteiger partial charge in [0.25, 0.3) is 0 Å². The Hall–Kier alpha value is -2.62. The molecular formula is C17H19NO3. The number of hydrogen-bond acceptors (Lipinski definition) is 4. The van der Waals surface area contributed by atoms with Gasteiger partial charge in [-0.25, -0.2) is 0 Å². The van der Waals surface area contributed by atoms with Crippen molar-refractivity contribution in [1.82, 2.24) is 0 Å². The zero-order chi connectivity index (χ0) is 15.4. The van der Waals surface area contributed by atoms with Gasteiger partial charge in [0.15, 0.2) is 11.5 Å². The van der Waals surface area contributed by atoms with Gasteiger partial charge >= 0.3 is 0 Å². The van der Waals surface area contributed by atoms with Crippen molar-refractivity contribution in [3.05, 3.63) is 54.1 Å². The topological polar surface area (TPSA) is 53.7 Å². The largest absolute Gasteiger partial charge is 0.493 e. The first kappa shape index (κ1) is 14.8. The molecule has 0 saturated heterocycles. The summed E-state index contributed by atoms with van der Waals surface area (Å²) in [5.74, 6) is 1.75. The Bertz CT molecular complexity index is 640. The zero-order valence-corrected chi connectivity index (χ0v) is 12.5. The van der Waals surface area contributed by atoms with Crippen LogP contribution in [0.5, 0.6) is 17.2 Å². The number of rotatable bonds is 5. The lowest BCUT2D eigenvalue weighted by molar-refractivity contribution is 0.324. The molecule has 0 heterocycles. The quantitative estimate of drug-likeness (QED) is 0.856. The van der Waals surface area contributed by atoms with E-state index in [1.165, 1.54) is 0 Å². The molecule has 0 spiro atoms. The van der Waals surface area contributed by atoms with Crippen molar-refractivity contribution in [2.75, 3.05) is 27.1 Å². The first-order valence-electron chi connectivity index (χ1n) is 6.46. The van der Waals surface area contributed by atoms with Crippen LogP contribution in [-0.2, 0) is 0 Å². The van der Waals surface area contributed by atoms with Crippen LogP contribution in [0.3, 0.4) is 0 Å². The molecule has 0 aliphatic rings. The lowest BCUT2D eigenvalue weighted by atomic mass is 9.98. The fourth-order valence-corrected chi connectivity index (χ4v) is 2.15. The monoisotopic (exact) mass is 285 g/mol. The summed E-state index contributed by atoms with van der Waals surface area (Å²) in [5.41, 5.74) is 9.18. The Kier molecular flexibility index (Phi) is 4.38. The lowest BCUT2D eigenvalue weighted by Crippen LogP contribution is -1.97. The molecule has 0 atom stereocenters. The van der Waals surface area contributed by atoms with E-state index in [2.05, 4.69) is 6.58 Å². The molecule has 2 N–H and O–H groups in total. The Morgan fingerprint density at radius 1 is 0.905 bits per heavy atom. The van der Waals surface area contributed by atoms with Crippen LogP contribution in [-0.4, -0.2) is 21.3 Å². The van der Waals surface area contributed by atoms with Crippen LogP contribution in [0.15, 0.2) is 43.0 Å². The smallest absolute Gasteiger partial charge is 0.203 e. The van der Waals surface area contributed by atoms with Crippen LogP contribution in [0.1, 0.15) is 11.1 Å². The molecule has 0 saturated carbocycles. The van der Waals surface area contributed by atoms with Crippen molar-refractivity contribution in [1.29, 1.82) is 0 Å². The molecule has 4 nitrogen and oxygen atoms in total. The van der Waals surface area contributed by atoms with Crippen LogP contribution in [0, 0.1) is 0 Å². The van der Waals surface area contributed by atoms with Gasteiger partial charge in [-0.15, -0.1) is 0 Å². The summed E-state index contributed by atoms with van der Waals surface area (Å²) in [6.07, 6.45) is 0. The Morgan fingerprint density at radius 2 is 1.52 bits per heavy atom. The number of nitrogens with two attached hydrogens (primary N) is 1. The van der Waals surface area contributed by atoms with Crippen LogP contribution < -0.4 is 19.9 Å². The maximum absolute atomic E-state index is 5.82. The Morgan fingerprint density at radius 3 is 2.00 bits per heavy atom. The molecule has 0 amide bonds. The van der Waals surface area contributed by atoms with Crippen molar-refractivity contribution >= 4 is 11.3 Å². The van der Waals surface area contributed by atoms with E-state index in [1.807, 2.05) is 36.4 Å². The van der Waals surface area contributed by atoms with Crippen molar-refractivity contribution in [2.45, 2.75) is 0 Å². The van der Waals surface area contributed by atoms with Crippen molar-refractivity contribution in [3.8, 4) is 17.2 Å². The maximum atomic E-state index is 5.82. The molecule has 0 aromatic heterocycles. The van der Waals surface area contributed by atoms with E-state index < -0.39 is 0 Å². The van der Waals surface area contributed by atoms with Crippen molar-refractivity contribution < 1.29 is 14.2 Å². The summed E-state index contributed by atoms with van der Waals surface area (Å²) in [7, 11) is 4.75. The highest BCUT2D eigenvalue weighted by atomic mass is 16.5. The van der Waals surface area contributed by atoms with Crippen LogP contribution in [0.2, 0.25) is 0 Å². The highest BCUT2D eigenvalue weighted by molar-refractivity contribution is 5.81. The number of hydrogen-bond donors (Lipinski definition) is 1. The molecule has 2 aromatic carbocycles. The lowest BCUT2D eigenvalue weighted by Gasteiger charge is -2.15. The van der Waals surface area contributed by atoms with Crippen LogP contribution >= 0.6 is 0 Å². The molecular weight excluding hydrogens is 266 g/mol. The van der Waals surface area contributed by atoms with Gasteiger partial charge in [0, 0.05) is 5.69 Å². The second kappa shape index (κ2) is 6.22. The van der Waals surface area contributed by atoms with E-state index >= 15 is 0 Å². The van der Waals surface area contributed by atoms with Gasteiger partial charge in [0.05, 0.1) is 21.3 Å². The number of ether oxygens (including phenoxy) is 3. The Labute approximate surface area is 124 Å². The van der Waals surface area contributed by atoms with Gasteiger partial charge in [0.1, 0.15) is 0 Å². The molecule has 0 unspecified atom stereocenters. The summed E-state index contributed by atoms with van der Waals surface area (Å²) >= 11 is 0. The summed E-state index contributed by atoms with van der Waals surface area (Å²) < 4.78 is 16.0. The summed E-state index contributed by atoms with van der Waals surface area (Å²) in [5, 5.41) is 0. The fourth-order valence-electron chi connectivity index (χ4n) is 2.15. The van der Waals surface area contributed by atoms with E-state index in [-0.39, 0.29) is 0 Å². The van der Waals surface area contributed by atoms with Gasteiger partial charge in [-0.3, -0.25) is 0 Å². The molecule has 0 fully saturated rings. The first-order valence-corrected chi connectivity index (χ1v) is 6.46. The second-order valence-electron chi connectivity index (χ2n) is 4.52. The molecule has 0 aliphatic carbocycles. The molecule has 0 bridgehead atoms. The molecule has 4 heteroatoms. The molecule has 2 aromatic rings. The molecule has 2 rings (SSSR count). The second-order valence-corrected chi connectivity index (χ2v) is 4.52. The van der Waals surface area contributed by atoms with E-state index in [1.54, 1.807) is 21.3 Å². The number of benzene rings is 2. The number of nitrogen functional groups attached to an aromatic ring is 1. The first-order chi connectivity index (χ1) is 10.1. The van der Waals surface area contributed by atoms with E-state index in [9.17, 15) is 0 Å². The Balaban J connectivity index is 2.51. The third kappa shape index (κ3) is 2.94. The SMILES string of the molecule is C=C(c1cccc(N)c1)c1cc(OC)c(OC)c(OC)c1. The average molecular weight is 285 g/mol. The molecule has 21 heavy (non-hydrogen) atoms. The minimum atomic E-state index is 0.559. The van der Waals surface area contributed by atoms with Crippen molar-refractivity contribution in [3.63, 3.8) is 0 Å². The number of methoxy groups -OCH3 is 3. The molecule has 0 radical (unpaired) electrons. The predicted molar refractivity (Wildman–Crippen MR) is 85.1 cm³/mol. The minimum absolute atomic E-state index is 0.559. The fraction of sp³-hybridized carbons (Fsp3) is 0.176. The minimum Gasteiger partial charge on any atom is -0.493 e. The van der Waals surface area contributed by atoms with Gasteiger partial charge in [-0.2, -0.15) is 0 Å². The highest BCUT2D eigenvalue weighted by Crippen LogP contribution is 2.40. The van der Waals surface area contributed by atoms with E-state index in [4.69, 9.17) is 19.9 Å². The predicted octanol–water partition coefficient (Wildman–Crippen LogP) is 3.36. The van der Waals surface area contributed by atoms with Gasteiger partial charge in [0.2, 0.25) is 5.75 Å². The maximum Gasteiger partial charge on any atom is 0.203 e. The zero-order valence-electron chi connectivity index (χ0n) is 12.5. The van der Waals surface area contributed by atoms with E-state index in [0.29, 0.717) is 22.9 Å². The van der Waals surface area contributed by atoms with Gasteiger partial charge in [-0.1, -0.05) is 18.7 Å². The van der Waals surface area contributed by atoms with E-state index in [0.717, 1.165) is 16.7 Å². The van der Waals surface area contributed by atoms with Crippen molar-refractivity contribution in [2.24, 2.45) is 0 Å². The summed E-state index contributed by atoms with van der Waals surface area (Å²) in [6.45, 7) is 4.14. The highest BCUT2D eigenvalue weighted by Gasteiger charge is 2.15. The average Bonchev–Trinajstić information content (AvgIpc) is 2.52. The standard InChI is InChI=1S/C17H19NO3/c1-11(12-6-5-7-14(18)8-12)13-9-15(19-2)17(21-4)16(10-13)20-3/h5-10H,1,18H2,2-4H3. The number of anilines is 1. The third-order valence-electron chi connectivity index (χ3n) is 3.25.